The van der Waals surface area contributed by atoms with Crippen molar-refractivity contribution in [3.05, 3.63) is 29.3 Å². The van der Waals surface area contributed by atoms with E-state index in [1.54, 1.807) is 19.1 Å². The highest BCUT2D eigenvalue weighted by atomic mass is 16.4. The molecule has 1 heterocycles. The Morgan fingerprint density at radius 2 is 1.88 bits per heavy atom. The fourth-order valence-electron chi connectivity index (χ4n) is 1.57. The molecule has 0 unspecified atom stereocenters. The maximum Gasteiger partial charge on any atom is 0.298 e. The minimum atomic E-state index is -1.15. The van der Waals surface area contributed by atoms with Gasteiger partial charge in [-0.05, 0) is 24.6 Å². The molecule has 0 spiro atoms. The molecule has 86 valence electrons. The summed E-state index contributed by atoms with van der Waals surface area (Å²) in [4.78, 5) is 34.6. The van der Waals surface area contributed by atoms with Crippen molar-refractivity contribution in [2.75, 3.05) is 5.32 Å². The van der Waals surface area contributed by atoms with Crippen LogP contribution in [0.3, 0.4) is 0 Å². The highest BCUT2D eigenvalue weighted by Gasteiger charge is 2.33. The first-order valence-electron chi connectivity index (χ1n) is 4.77. The van der Waals surface area contributed by atoms with Crippen molar-refractivity contribution in [3.63, 3.8) is 0 Å². The second kappa shape index (κ2) is 3.82. The maximum absolute atomic E-state index is 11.8. The molecule has 6 nitrogen and oxygen atoms in total. The van der Waals surface area contributed by atoms with Gasteiger partial charge < -0.3 is 10.5 Å². The molecule has 1 aromatic carbocycles. The number of ketones is 2. The number of nitrogens with zero attached hydrogens (tertiary/aromatic N) is 1. The van der Waals surface area contributed by atoms with Crippen LogP contribution in [0, 0.1) is 6.92 Å². The van der Waals surface area contributed by atoms with Crippen molar-refractivity contribution in [2.45, 2.75) is 6.92 Å². The van der Waals surface area contributed by atoms with E-state index < -0.39 is 23.2 Å². The molecule has 2 N–H and O–H groups in total. The third-order valence-corrected chi connectivity index (χ3v) is 2.40. The number of nitrogens with one attached hydrogen (secondary N) is 1. The minimum Gasteiger partial charge on any atom is -0.410 e. The molecule has 0 aliphatic carbocycles. The van der Waals surface area contributed by atoms with Gasteiger partial charge in [0.1, 0.15) is 0 Å². The number of carbonyl (C=O) groups is 3. The summed E-state index contributed by atoms with van der Waals surface area (Å²) in [7, 11) is 0. The van der Waals surface area contributed by atoms with Crippen molar-refractivity contribution >= 4 is 28.9 Å². The van der Waals surface area contributed by atoms with Gasteiger partial charge in [0.25, 0.3) is 11.7 Å². The zero-order valence-corrected chi connectivity index (χ0v) is 8.85. The van der Waals surface area contributed by atoms with E-state index in [0.29, 0.717) is 0 Å². The van der Waals surface area contributed by atoms with Gasteiger partial charge in [0.2, 0.25) is 11.5 Å². The molecule has 1 aliphatic rings. The van der Waals surface area contributed by atoms with Gasteiger partial charge in [-0.3, -0.25) is 14.4 Å². The molecule has 6 heteroatoms. The molecule has 0 bridgehead atoms. The van der Waals surface area contributed by atoms with E-state index in [1.807, 2.05) is 0 Å². The lowest BCUT2D eigenvalue weighted by Gasteiger charge is -2.04. The van der Waals surface area contributed by atoms with E-state index in [2.05, 4.69) is 10.5 Å². The van der Waals surface area contributed by atoms with Crippen LogP contribution in [-0.4, -0.2) is 28.4 Å². The van der Waals surface area contributed by atoms with Crippen LogP contribution in [0.25, 0.3) is 0 Å². The summed E-state index contributed by atoms with van der Waals surface area (Å²) in [6, 6.07) is 4.70. The zero-order valence-electron chi connectivity index (χ0n) is 8.85. The number of amides is 1. The minimum absolute atomic E-state index is 0.127. The van der Waals surface area contributed by atoms with Gasteiger partial charge >= 0.3 is 0 Å². The van der Waals surface area contributed by atoms with Gasteiger partial charge in [0.15, 0.2) is 0 Å². The Kier molecular flexibility index (Phi) is 2.47. The van der Waals surface area contributed by atoms with Crippen molar-refractivity contribution in [1.29, 1.82) is 0 Å². The Balaban J connectivity index is 2.67. The monoisotopic (exact) mass is 232 g/mol. The number of carbonyl (C=O) groups excluding carboxylic acids is 3. The number of Topliss-reactive ketones (excluding diaryl/α,β-unsaturated/α-hetero) is 2. The van der Waals surface area contributed by atoms with E-state index in [9.17, 15) is 14.4 Å². The Hall–Kier alpha value is -2.50. The number of hydrogen-bond donors (Lipinski definition) is 2. The van der Waals surface area contributed by atoms with Crippen LogP contribution >= 0.6 is 0 Å². The molecule has 0 aromatic heterocycles. The van der Waals surface area contributed by atoms with Crippen molar-refractivity contribution < 1.29 is 19.6 Å². The van der Waals surface area contributed by atoms with Gasteiger partial charge in [0.05, 0.1) is 5.69 Å². The van der Waals surface area contributed by atoms with E-state index in [4.69, 9.17) is 5.21 Å². The van der Waals surface area contributed by atoms with Gasteiger partial charge in [-0.25, -0.2) is 0 Å². The highest BCUT2D eigenvalue weighted by Crippen LogP contribution is 2.21. The van der Waals surface area contributed by atoms with Crippen molar-refractivity contribution in [1.82, 2.24) is 0 Å². The Morgan fingerprint density at radius 1 is 1.18 bits per heavy atom. The number of fused-ring (bicyclic) bond motifs is 1. The van der Waals surface area contributed by atoms with Gasteiger partial charge in [-0.15, -0.1) is 0 Å². The van der Waals surface area contributed by atoms with Crippen molar-refractivity contribution in [3.8, 4) is 0 Å². The second-order valence-corrected chi connectivity index (χ2v) is 3.61. The van der Waals surface area contributed by atoms with Crippen LogP contribution in [0.2, 0.25) is 0 Å². The van der Waals surface area contributed by atoms with E-state index in [1.165, 1.54) is 6.07 Å². The van der Waals surface area contributed by atoms with E-state index in [0.717, 1.165) is 5.56 Å². The lowest BCUT2D eigenvalue weighted by molar-refractivity contribution is -0.130. The van der Waals surface area contributed by atoms with E-state index in [-0.39, 0.29) is 11.3 Å². The molecule has 0 fully saturated rings. The fourth-order valence-corrected chi connectivity index (χ4v) is 1.57. The number of hydrogen-bond acceptors (Lipinski definition) is 5. The first-order chi connectivity index (χ1) is 8.04. The summed E-state index contributed by atoms with van der Waals surface area (Å²) in [5, 5.41) is 13.5. The van der Waals surface area contributed by atoms with Gasteiger partial charge in [-0.2, -0.15) is 0 Å². The van der Waals surface area contributed by atoms with Crippen LogP contribution < -0.4 is 5.32 Å². The summed E-state index contributed by atoms with van der Waals surface area (Å²) in [6.07, 6.45) is 0. The number of anilines is 1. The fraction of sp³-hybridized carbons (Fsp3) is 0.0909. The summed E-state index contributed by atoms with van der Waals surface area (Å²) in [5.74, 6) is -2.91. The van der Waals surface area contributed by atoms with E-state index >= 15 is 0 Å². The van der Waals surface area contributed by atoms with Gasteiger partial charge in [0, 0.05) is 5.56 Å². The standard InChI is InChI=1S/C11H8N2O4/c1-5-2-3-6-7(4-5)12-11(16)10(15)8(13-17)9(6)14/h2-4,17H,1H3,(H,12,16). The molecule has 17 heavy (non-hydrogen) atoms. The molecule has 2 rings (SSSR count). The summed E-state index contributed by atoms with van der Waals surface area (Å²) in [5.41, 5.74) is 0.424. The number of rotatable bonds is 0. The zero-order chi connectivity index (χ0) is 12.6. The smallest absolute Gasteiger partial charge is 0.298 e. The second-order valence-electron chi connectivity index (χ2n) is 3.61. The van der Waals surface area contributed by atoms with Crippen LogP contribution in [0.15, 0.2) is 23.4 Å². The lowest BCUT2D eigenvalue weighted by Crippen LogP contribution is -2.31. The number of oxime groups is 1. The average Bonchev–Trinajstić information content (AvgIpc) is 2.36. The normalized spacial score (nSPS) is 17.7. The molecule has 1 aliphatic heterocycles. The molecule has 1 amide bonds. The molecule has 0 radical (unpaired) electrons. The first kappa shape index (κ1) is 11.0. The summed E-state index contributed by atoms with van der Waals surface area (Å²) in [6.45, 7) is 1.78. The van der Waals surface area contributed by atoms with Gasteiger partial charge in [-0.1, -0.05) is 11.2 Å². The molecular formula is C11H8N2O4. The Morgan fingerprint density at radius 3 is 2.53 bits per heavy atom. The molecule has 1 aromatic rings. The third kappa shape index (κ3) is 1.69. The largest absolute Gasteiger partial charge is 0.410 e. The average molecular weight is 232 g/mol. The Bertz CT molecular complexity index is 575. The third-order valence-electron chi connectivity index (χ3n) is 2.40. The highest BCUT2D eigenvalue weighted by molar-refractivity contribution is 6.83. The Labute approximate surface area is 95.9 Å². The van der Waals surface area contributed by atoms with Crippen LogP contribution in [0.4, 0.5) is 5.69 Å². The molecule has 0 saturated heterocycles. The van der Waals surface area contributed by atoms with Crippen LogP contribution in [0.1, 0.15) is 15.9 Å². The number of aryl methyl sites for hydroxylation is 1. The summed E-state index contributed by atoms with van der Waals surface area (Å²) >= 11 is 0. The predicted molar refractivity (Wildman–Crippen MR) is 58.4 cm³/mol. The summed E-state index contributed by atoms with van der Waals surface area (Å²) < 4.78 is 0. The molecular weight excluding hydrogens is 224 g/mol. The lowest BCUT2D eigenvalue weighted by atomic mass is 10.0. The molecule has 0 atom stereocenters. The number of benzene rings is 1. The topological polar surface area (TPSA) is 95.8 Å². The SMILES string of the molecule is Cc1ccc2c(c1)NC(=O)C(=O)C(=NO)C2=O. The van der Waals surface area contributed by atoms with Crippen LogP contribution in [0.5, 0.6) is 0 Å². The molecule has 0 saturated carbocycles. The van der Waals surface area contributed by atoms with Crippen molar-refractivity contribution in [2.24, 2.45) is 5.16 Å². The first-order valence-corrected chi connectivity index (χ1v) is 4.77. The van der Waals surface area contributed by atoms with Crippen LogP contribution in [-0.2, 0) is 9.59 Å². The maximum atomic E-state index is 11.8. The quantitative estimate of drug-likeness (QED) is 0.387. The predicted octanol–water partition coefficient (Wildman–Crippen LogP) is 0.529.